The minimum Gasteiger partial charge on any atom is -0.481 e. The summed E-state index contributed by atoms with van der Waals surface area (Å²) < 4.78 is 0.754. The third kappa shape index (κ3) is 3.44. The molecule has 0 spiro atoms. The zero-order valence-electron chi connectivity index (χ0n) is 9.52. The van der Waals surface area contributed by atoms with Crippen LogP contribution in [-0.2, 0) is 4.79 Å². The summed E-state index contributed by atoms with van der Waals surface area (Å²) in [6.45, 7) is 3.52. The van der Waals surface area contributed by atoms with Crippen LogP contribution in [-0.4, -0.2) is 16.2 Å². The van der Waals surface area contributed by atoms with Crippen LogP contribution in [0.25, 0.3) is 0 Å². The summed E-state index contributed by atoms with van der Waals surface area (Å²) in [7, 11) is 0. The Bertz CT molecular complexity index is 420. The highest BCUT2D eigenvalue weighted by Crippen LogP contribution is 2.34. The molecule has 0 heterocycles. The molecule has 1 aromatic carbocycles. The number of rotatable bonds is 4. The largest absolute Gasteiger partial charge is 0.481 e. The molecule has 0 bridgehead atoms. The summed E-state index contributed by atoms with van der Waals surface area (Å²) in [6, 6.07) is 5.01. The average molecular weight is 322 g/mol. The summed E-state index contributed by atoms with van der Waals surface area (Å²) in [6.07, 6.45) is -1.11. The Labute approximate surface area is 114 Å². The molecular formula is C12H14BrClO3. The maximum atomic E-state index is 11.1. The third-order valence-corrected chi connectivity index (χ3v) is 3.46. The van der Waals surface area contributed by atoms with Gasteiger partial charge in [-0.1, -0.05) is 41.4 Å². The Morgan fingerprint density at radius 1 is 1.41 bits per heavy atom. The molecule has 0 aliphatic rings. The van der Waals surface area contributed by atoms with E-state index in [0.29, 0.717) is 10.6 Å². The number of carboxylic acids is 1. The quantitative estimate of drug-likeness (QED) is 0.892. The van der Waals surface area contributed by atoms with Crippen molar-refractivity contribution in [3.8, 4) is 0 Å². The molecule has 2 unspecified atom stereocenters. The van der Waals surface area contributed by atoms with Crippen LogP contribution < -0.4 is 0 Å². The van der Waals surface area contributed by atoms with Crippen molar-refractivity contribution >= 4 is 33.5 Å². The lowest BCUT2D eigenvalue weighted by Gasteiger charge is -2.23. The summed E-state index contributed by atoms with van der Waals surface area (Å²) in [5, 5.41) is 19.6. The standard InChI is InChI=1S/C12H14BrClO3/c1-6(2)10(12(16)17)11(15)8-5-7(13)3-4-9(8)14/h3-6,10-11,15H,1-2H3,(H,16,17). The maximum Gasteiger partial charge on any atom is 0.309 e. The van der Waals surface area contributed by atoms with Gasteiger partial charge in [0, 0.05) is 15.1 Å². The normalized spacial score (nSPS) is 14.7. The van der Waals surface area contributed by atoms with Crippen LogP contribution in [0.4, 0.5) is 0 Å². The number of aliphatic hydroxyl groups is 1. The van der Waals surface area contributed by atoms with Crippen molar-refractivity contribution in [2.24, 2.45) is 11.8 Å². The van der Waals surface area contributed by atoms with Crippen LogP contribution >= 0.6 is 27.5 Å². The van der Waals surface area contributed by atoms with E-state index in [0.717, 1.165) is 4.47 Å². The van der Waals surface area contributed by atoms with Crippen molar-refractivity contribution in [3.05, 3.63) is 33.3 Å². The van der Waals surface area contributed by atoms with Gasteiger partial charge in [-0.05, 0) is 24.1 Å². The highest BCUT2D eigenvalue weighted by atomic mass is 79.9. The van der Waals surface area contributed by atoms with E-state index in [2.05, 4.69) is 15.9 Å². The number of benzene rings is 1. The Morgan fingerprint density at radius 2 is 2.00 bits per heavy atom. The van der Waals surface area contributed by atoms with E-state index < -0.39 is 18.0 Å². The van der Waals surface area contributed by atoms with E-state index >= 15 is 0 Å². The van der Waals surface area contributed by atoms with Crippen molar-refractivity contribution in [2.45, 2.75) is 20.0 Å². The molecule has 5 heteroatoms. The highest BCUT2D eigenvalue weighted by molar-refractivity contribution is 9.10. The monoisotopic (exact) mass is 320 g/mol. The molecule has 17 heavy (non-hydrogen) atoms. The van der Waals surface area contributed by atoms with Crippen molar-refractivity contribution in [1.82, 2.24) is 0 Å². The molecule has 2 atom stereocenters. The first kappa shape index (κ1) is 14.5. The lowest BCUT2D eigenvalue weighted by Crippen LogP contribution is -2.27. The lowest BCUT2D eigenvalue weighted by atomic mass is 9.86. The second-order valence-corrected chi connectivity index (χ2v) is 5.54. The molecule has 0 amide bonds. The summed E-state index contributed by atoms with van der Waals surface area (Å²) in [5.74, 6) is -2.08. The molecule has 3 nitrogen and oxygen atoms in total. The Morgan fingerprint density at radius 3 is 2.47 bits per heavy atom. The van der Waals surface area contributed by atoms with E-state index in [4.69, 9.17) is 16.7 Å². The molecule has 2 N–H and O–H groups in total. The van der Waals surface area contributed by atoms with Gasteiger partial charge in [-0.3, -0.25) is 4.79 Å². The predicted octanol–water partition coefficient (Wildman–Crippen LogP) is 3.49. The second-order valence-electron chi connectivity index (χ2n) is 4.22. The van der Waals surface area contributed by atoms with Gasteiger partial charge in [0.2, 0.25) is 0 Å². The first-order valence-corrected chi connectivity index (χ1v) is 6.37. The lowest BCUT2D eigenvalue weighted by molar-refractivity contribution is -0.148. The van der Waals surface area contributed by atoms with E-state index in [1.54, 1.807) is 32.0 Å². The number of hydrogen-bond donors (Lipinski definition) is 2. The first-order valence-electron chi connectivity index (χ1n) is 5.20. The Kier molecular flexibility index (Phi) is 4.98. The first-order chi connectivity index (χ1) is 7.84. The number of halogens is 2. The van der Waals surface area contributed by atoms with Crippen molar-refractivity contribution < 1.29 is 15.0 Å². The molecular weight excluding hydrogens is 307 g/mol. The van der Waals surface area contributed by atoms with Gasteiger partial charge in [-0.15, -0.1) is 0 Å². The average Bonchev–Trinajstić information content (AvgIpc) is 2.20. The molecule has 1 rings (SSSR count). The number of aliphatic carboxylic acids is 1. The van der Waals surface area contributed by atoms with Gasteiger partial charge in [0.1, 0.15) is 0 Å². The Hall–Kier alpha value is -0.580. The van der Waals surface area contributed by atoms with Crippen LogP contribution in [0, 0.1) is 11.8 Å². The molecule has 0 saturated heterocycles. The van der Waals surface area contributed by atoms with Gasteiger partial charge >= 0.3 is 5.97 Å². The maximum absolute atomic E-state index is 11.1. The fourth-order valence-corrected chi connectivity index (χ4v) is 2.33. The zero-order chi connectivity index (χ0) is 13.2. The molecule has 1 aromatic rings. The van der Waals surface area contributed by atoms with Crippen LogP contribution in [0.3, 0.4) is 0 Å². The number of hydrogen-bond acceptors (Lipinski definition) is 2. The van der Waals surface area contributed by atoms with Crippen molar-refractivity contribution in [2.75, 3.05) is 0 Å². The summed E-state index contributed by atoms with van der Waals surface area (Å²) in [5.41, 5.74) is 0.433. The number of aliphatic hydroxyl groups excluding tert-OH is 1. The van der Waals surface area contributed by atoms with Gasteiger partial charge in [0.05, 0.1) is 12.0 Å². The molecule has 0 aromatic heterocycles. The van der Waals surface area contributed by atoms with E-state index in [1.165, 1.54) is 0 Å². The molecule has 0 aliphatic carbocycles. The topological polar surface area (TPSA) is 57.5 Å². The molecule has 0 aliphatic heterocycles. The number of carboxylic acid groups (broad SMARTS) is 1. The minimum absolute atomic E-state index is 0.183. The van der Waals surface area contributed by atoms with Crippen LogP contribution in [0.2, 0.25) is 5.02 Å². The molecule has 0 radical (unpaired) electrons. The number of carbonyl (C=O) groups is 1. The minimum atomic E-state index is -1.11. The predicted molar refractivity (Wildman–Crippen MR) is 70.1 cm³/mol. The van der Waals surface area contributed by atoms with E-state index in [1.807, 2.05) is 0 Å². The molecule has 94 valence electrons. The van der Waals surface area contributed by atoms with Crippen molar-refractivity contribution in [3.63, 3.8) is 0 Å². The fraction of sp³-hybridized carbons (Fsp3) is 0.417. The van der Waals surface area contributed by atoms with Crippen molar-refractivity contribution in [1.29, 1.82) is 0 Å². The van der Waals surface area contributed by atoms with Gasteiger partial charge in [0.25, 0.3) is 0 Å². The van der Waals surface area contributed by atoms with Crippen LogP contribution in [0.5, 0.6) is 0 Å². The zero-order valence-corrected chi connectivity index (χ0v) is 11.9. The van der Waals surface area contributed by atoms with Gasteiger partial charge in [0.15, 0.2) is 0 Å². The third-order valence-electron chi connectivity index (χ3n) is 2.62. The van der Waals surface area contributed by atoms with Gasteiger partial charge in [-0.25, -0.2) is 0 Å². The van der Waals surface area contributed by atoms with Crippen LogP contribution in [0.1, 0.15) is 25.5 Å². The Balaban J connectivity index is 3.13. The smallest absolute Gasteiger partial charge is 0.309 e. The van der Waals surface area contributed by atoms with E-state index in [-0.39, 0.29) is 5.92 Å². The van der Waals surface area contributed by atoms with Crippen LogP contribution in [0.15, 0.2) is 22.7 Å². The van der Waals surface area contributed by atoms with Gasteiger partial charge in [-0.2, -0.15) is 0 Å². The summed E-state index contributed by atoms with van der Waals surface area (Å²) in [4.78, 5) is 11.1. The summed E-state index contributed by atoms with van der Waals surface area (Å²) >= 11 is 9.24. The fourth-order valence-electron chi connectivity index (χ4n) is 1.72. The van der Waals surface area contributed by atoms with Gasteiger partial charge < -0.3 is 10.2 Å². The highest BCUT2D eigenvalue weighted by Gasteiger charge is 2.31. The SMILES string of the molecule is CC(C)C(C(=O)O)C(O)c1cc(Br)ccc1Cl. The second kappa shape index (κ2) is 5.85. The van der Waals surface area contributed by atoms with E-state index in [9.17, 15) is 9.90 Å². The molecule has 0 fully saturated rings. The molecule has 0 saturated carbocycles.